The van der Waals surface area contributed by atoms with E-state index in [0.29, 0.717) is 29.2 Å². The molecule has 2 amide bonds. The smallest absolute Gasteiger partial charge is 0.244 e. The largest absolute Gasteiger partial charge is 0.354 e. The number of hydrogen-bond acceptors (Lipinski definition) is 4. The highest BCUT2D eigenvalue weighted by Crippen LogP contribution is 2.24. The van der Waals surface area contributed by atoms with Crippen LogP contribution in [0.3, 0.4) is 0 Å². The van der Waals surface area contributed by atoms with Gasteiger partial charge in [-0.05, 0) is 61.1 Å². The molecule has 2 rings (SSSR count). The van der Waals surface area contributed by atoms with Gasteiger partial charge in [-0.15, -0.1) is 0 Å². The van der Waals surface area contributed by atoms with Crippen LogP contribution >= 0.6 is 11.6 Å². The zero-order valence-electron chi connectivity index (χ0n) is 21.3. The van der Waals surface area contributed by atoms with E-state index in [0.717, 1.165) is 21.7 Å². The van der Waals surface area contributed by atoms with Crippen molar-refractivity contribution in [2.75, 3.05) is 23.7 Å². The van der Waals surface area contributed by atoms with Gasteiger partial charge in [0.1, 0.15) is 12.6 Å². The summed E-state index contributed by atoms with van der Waals surface area (Å²) < 4.78 is 26.6. The molecule has 1 atom stereocenters. The Kier molecular flexibility index (Phi) is 10.2. The minimum Gasteiger partial charge on any atom is -0.354 e. The van der Waals surface area contributed by atoms with E-state index in [9.17, 15) is 18.0 Å². The molecule has 0 unspecified atom stereocenters. The standard InChI is InChI=1S/C26H36ClN3O4S/c1-7-24(26(32)28-15-18(2)3)29(16-21-10-8-9-11-23(21)27)25(31)17-30(35(6,33)34)22-13-19(4)12-20(5)14-22/h8-14,18,24H,7,15-17H2,1-6H3,(H,28,32)/t24-/m0/s1. The van der Waals surface area contributed by atoms with Crippen molar-refractivity contribution in [1.82, 2.24) is 10.2 Å². The summed E-state index contributed by atoms with van der Waals surface area (Å²) in [5, 5.41) is 3.37. The van der Waals surface area contributed by atoms with Crippen LogP contribution in [-0.4, -0.2) is 50.5 Å². The van der Waals surface area contributed by atoms with Crippen LogP contribution in [0.1, 0.15) is 43.9 Å². The first kappa shape index (κ1) is 28.7. The van der Waals surface area contributed by atoms with E-state index >= 15 is 0 Å². The SMILES string of the molecule is CC[C@@H](C(=O)NCC(C)C)N(Cc1ccccc1Cl)C(=O)CN(c1cc(C)cc(C)c1)S(C)(=O)=O. The van der Waals surface area contributed by atoms with E-state index in [1.54, 1.807) is 30.3 Å². The Morgan fingerprint density at radius 1 is 1.06 bits per heavy atom. The minimum atomic E-state index is -3.78. The molecule has 0 aromatic heterocycles. The highest BCUT2D eigenvalue weighted by Gasteiger charge is 2.32. The van der Waals surface area contributed by atoms with E-state index in [2.05, 4.69) is 5.32 Å². The molecule has 0 aliphatic rings. The molecule has 0 heterocycles. The van der Waals surface area contributed by atoms with Crippen molar-refractivity contribution in [2.24, 2.45) is 5.92 Å². The first-order chi connectivity index (χ1) is 16.3. The number of sulfonamides is 1. The van der Waals surface area contributed by atoms with Crippen LogP contribution in [0, 0.1) is 19.8 Å². The first-order valence-corrected chi connectivity index (χ1v) is 13.9. The molecule has 0 aliphatic heterocycles. The summed E-state index contributed by atoms with van der Waals surface area (Å²) in [5.74, 6) is -0.519. The van der Waals surface area contributed by atoms with Gasteiger partial charge >= 0.3 is 0 Å². The molecule has 2 aromatic rings. The lowest BCUT2D eigenvalue weighted by atomic mass is 10.1. The van der Waals surface area contributed by atoms with Gasteiger partial charge in [0.2, 0.25) is 21.8 Å². The van der Waals surface area contributed by atoms with Crippen LogP contribution < -0.4 is 9.62 Å². The number of rotatable bonds is 11. The monoisotopic (exact) mass is 521 g/mol. The van der Waals surface area contributed by atoms with Crippen molar-refractivity contribution in [3.05, 3.63) is 64.2 Å². The normalized spacial score (nSPS) is 12.3. The Morgan fingerprint density at radius 3 is 2.17 bits per heavy atom. The van der Waals surface area contributed by atoms with Gasteiger partial charge in [-0.25, -0.2) is 8.42 Å². The maximum atomic E-state index is 13.7. The zero-order chi connectivity index (χ0) is 26.3. The van der Waals surface area contributed by atoms with E-state index in [4.69, 9.17) is 11.6 Å². The van der Waals surface area contributed by atoms with Crippen LogP contribution in [-0.2, 0) is 26.2 Å². The third-order valence-electron chi connectivity index (χ3n) is 5.54. The predicted molar refractivity (Wildman–Crippen MR) is 142 cm³/mol. The third kappa shape index (κ3) is 8.25. The summed E-state index contributed by atoms with van der Waals surface area (Å²) in [4.78, 5) is 28.2. The van der Waals surface area contributed by atoms with Crippen molar-refractivity contribution in [1.29, 1.82) is 0 Å². The molecule has 7 nitrogen and oxygen atoms in total. The van der Waals surface area contributed by atoms with E-state index in [-0.39, 0.29) is 18.4 Å². The van der Waals surface area contributed by atoms with Gasteiger partial charge in [0, 0.05) is 18.1 Å². The van der Waals surface area contributed by atoms with E-state index in [1.807, 2.05) is 46.8 Å². The van der Waals surface area contributed by atoms with Crippen molar-refractivity contribution in [2.45, 2.75) is 53.6 Å². The number of halogens is 1. The zero-order valence-corrected chi connectivity index (χ0v) is 22.9. The van der Waals surface area contributed by atoms with E-state index < -0.39 is 28.5 Å². The lowest BCUT2D eigenvalue weighted by Gasteiger charge is -2.33. The van der Waals surface area contributed by atoms with Gasteiger partial charge < -0.3 is 10.2 Å². The Morgan fingerprint density at radius 2 is 1.66 bits per heavy atom. The summed E-state index contributed by atoms with van der Waals surface area (Å²) in [5.41, 5.74) is 2.85. The molecule has 0 fully saturated rings. The number of nitrogens with zero attached hydrogens (tertiary/aromatic N) is 2. The highest BCUT2D eigenvalue weighted by molar-refractivity contribution is 7.92. The Bertz CT molecular complexity index is 1130. The number of carbonyl (C=O) groups is 2. The highest BCUT2D eigenvalue weighted by atomic mass is 35.5. The fourth-order valence-corrected chi connectivity index (χ4v) is 4.89. The van der Waals surface area contributed by atoms with E-state index in [1.165, 1.54) is 4.90 Å². The number of amides is 2. The number of anilines is 1. The molecule has 0 saturated carbocycles. The minimum absolute atomic E-state index is 0.0799. The maximum Gasteiger partial charge on any atom is 0.244 e. The van der Waals surface area contributed by atoms with Crippen molar-refractivity contribution in [3.63, 3.8) is 0 Å². The molecular formula is C26H36ClN3O4S. The van der Waals surface area contributed by atoms with Crippen LogP contribution in [0.4, 0.5) is 5.69 Å². The predicted octanol–water partition coefficient (Wildman–Crippen LogP) is 4.30. The molecule has 0 aliphatic carbocycles. The molecule has 1 N–H and O–H groups in total. The van der Waals surface area contributed by atoms with Gasteiger partial charge in [0.15, 0.2) is 0 Å². The van der Waals surface area contributed by atoms with Gasteiger partial charge in [-0.2, -0.15) is 0 Å². The molecule has 0 saturated heterocycles. The average molecular weight is 522 g/mol. The Hall–Kier alpha value is -2.58. The summed E-state index contributed by atoms with van der Waals surface area (Å²) in [6.07, 6.45) is 1.44. The number of carbonyl (C=O) groups excluding carboxylic acids is 2. The lowest BCUT2D eigenvalue weighted by molar-refractivity contribution is -0.140. The number of nitrogens with one attached hydrogen (secondary N) is 1. The topological polar surface area (TPSA) is 86.8 Å². The van der Waals surface area contributed by atoms with Crippen molar-refractivity contribution in [3.8, 4) is 0 Å². The van der Waals surface area contributed by atoms with Crippen LogP contribution in [0.15, 0.2) is 42.5 Å². The van der Waals surface area contributed by atoms with Crippen LogP contribution in [0.25, 0.3) is 0 Å². The molecule has 0 spiro atoms. The molecule has 35 heavy (non-hydrogen) atoms. The average Bonchev–Trinajstić information content (AvgIpc) is 2.75. The fourth-order valence-electron chi connectivity index (χ4n) is 3.86. The second-order valence-electron chi connectivity index (χ2n) is 9.29. The van der Waals surface area contributed by atoms with Crippen molar-refractivity contribution < 1.29 is 18.0 Å². The molecule has 192 valence electrons. The second kappa shape index (κ2) is 12.4. The molecule has 0 radical (unpaired) electrons. The molecule has 0 bridgehead atoms. The van der Waals surface area contributed by atoms with Crippen LogP contribution in [0.5, 0.6) is 0 Å². The first-order valence-electron chi connectivity index (χ1n) is 11.7. The third-order valence-corrected chi connectivity index (χ3v) is 7.05. The second-order valence-corrected chi connectivity index (χ2v) is 11.6. The summed E-state index contributed by atoms with van der Waals surface area (Å²) in [6, 6.07) is 11.7. The van der Waals surface area contributed by atoms with Crippen LogP contribution in [0.2, 0.25) is 5.02 Å². The number of benzene rings is 2. The Balaban J connectivity index is 2.47. The number of aryl methyl sites for hydroxylation is 2. The fraction of sp³-hybridized carbons (Fsp3) is 0.462. The number of hydrogen-bond donors (Lipinski definition) is 1. The maximum absolute atomic E-state index is 13.7. The Labute approximate surface area is 214 Å². The summed E-state index contributed by atoms with van der Waals surface area (Å²) in [6.45, 7) is 9.66. The van der Waals surface area contributed by atoms with Gasteiger partial charge in [-0.1, -0.05) is 56.6 Å². The molecular weight excluding hydrogens is 486 g/mol. The van der Waals surface area contributed by atoms with Gasteiger partial charge in [-0.3, -0.25) is 13.9 Å². The molecule has 9 heteroatoms. The van der Waals surface area contributed by atoms with Gasteiger partial charge in [0.05, 0.1) is 11.9 Å². The molecule has 2 aromatic carbocycles. The lowest BCUT2D eigenvalue weighted by Crippen LogP contribution is -2.52. The quantitative estimate of drug-likeness (QED) is 0.477. The summed E-state index contributed by atoms with van der Waals surface area (Å²) in [7, 11) is -3.78. The van der Waals surface area contributed by atoms with Gasteiger partial charge in [0.25, 0.3) is 0 Å². The summed E-state index contributed by atoms with van der Waals surface area (Å²) >= 11 is 6.37. The van der Waals surface area contributed by atoms with Crippen molar-refractivity contribution >= 4 is 39.1 Å².